The molecule has 0 radical (unpaired) electrons. The molecule has 24 heavy (non-hydrogen) atoms. The first kappa shape index (κ1) is 20.5. The summed E-state index contributed by atoms with van der Waals surface area (Å²) in [5, 5.41) is 0. The van der Waals surface area contributed by atoms with Crippen LogP contribution in [0.3, 0.4) is 0 Å². The summed E-state index contributed by atoms with van der Waals surface area (Å²) in [6.45, 7) is 2.69. The van der Waals surface area contributed by atoms with Gasteiger partial charge in [-0.3, -0.25) is 4.79 Å². The molecule has 2 aromatic rings. The summed E-state index contributed by atoms with van der Waals surface area (Å²) < 4.78 is 0.868. The number of carbonyl (C=O) groups excluding carboxylic acids is 1. The zero-order chi connectivity index (χ0) is 15.5. The van der Waals surface area contributed by atoms with Gasteiger partial charge in [-0.2, -0.15) is 0 Å². The van der Waals surface area contributed by atoms with E-state index in [9.17, 15) is 4.79 Å². The number of nitrogens with two attached hydrogens (primary N) is 1. The van der Waals surface area contributed by atoms with E-state index in [1.807, 2.05) is 11.0 Å². The van der Waals surface area contributed by atoms with E-state index in [-0.39, 0.29) is 30.7 Å². The molecule has 0 unspecified atom stereocenters. The molecule has 0 atom stereocenters. The zero-order valence-corrected chi connectivity index (χ0v) is 16.0. The third-order valence-corrected chi connectivity index (χ3v) is 4.14. The number of hydrogen-bond acceptors (Lipinski definition) is 5. The molecule has 1 saturated heterocycles. The molecule has 1 aliphatic rings. The minimum atomic E-state index is -0.0290. The summed E-state index contributed by atoms with van der Waals surface area (Å²) in [5.41, 5.74) is 6.98. The van der Waals surface area contributed by atoms with Crippen LogP contribution in [0, 0.1) is 0 Å². The number of halogens is 3. The van der Waals surface area contributed by atoms with Crippen molar-refractivity contribution >= 4 is 58.3 Å². The Bertz CT molecular complexity index is 681. The normalized spacial score (nSPS) is 13.7. The van der Waals surface area contributed by atoms with Gasteiger partial charge >= 0.3 is 0 Å². The van der Waals surface area contributed by atoms with Crippen LogP contribution in [0.2, 0.25) is 0 Å². The van der Waals surface area contributed by atoms with Gasteiger partial charge in [0.2, 0.25) is 5.95 Å². The summed E-state index contributed by atoms with van der Waals surface area (Å²) >= 11 is 3.35. The molecule has 6 nitrogen and oxygen atoms in total. The quantitative estimate of drug-likeness (QED) is 0.735. The van der Waals surface area contributed by atoms with Gasteiger partial charge in [0, 0.05) is 48.7 Å². The van der Waals surface area contributed by atoms with Gasteiger partial charge in [-0.15, -0.1) is 24.8 Å². The maximum absolute atomic E-state index is 12.6. The van der Waals surface area contributed by atoms with Gasteiger partial charge in [-0.25, -0.2) is 9.97 Å². The van der Waals surface area contributed by atoms with Gasteiger partial charge < -0.3 is 15.5 Å². The van der Waals surface area contributed by atoms with E-state index in [0.29, 0.717) is 43.4 Å². The Morgan fingerprint density at radius 2 is 1.71 bits per heavy atom. The number of rotatable bonds is 2. The van der Waals surface area contributed by atoms with Crippen LogP contribution >= 0.6 is 40.7 Å². The van der Waals surface area contributed by atoms with Gasteiger partial charge in [0.15, 0.2) is 0 Å². The van der Waals surface area contributed by atoms with Crippen LogP contribution < -0.4 is 10.6 Å². The van der Waals surface area contributed by atoms with E-state index in [2.05, 4.69) is 30.8 Å². The van der Waals surface area contributed by atoms with E-state index >= 15 is 0 Å². The molecule has 1 fully saturated rings. The maximum Gasteiger partial charge on any atom is 0.256 e. The predicted octanol–water partition coefficient (Wildman–Crippen LogP) is 2.63. The lowest BCUT2D eigenvalue weighted by atomic mass is 10.1. The molecule has 3 rings (SSSR count). The van der Waals surface area contributed by atoms with Gasteiger partial charge in [0.1, 0.15) is 0 Å². The van der Waals surface area contributed by atoms with Crippen LogP contribution in [0.5, 0.6) is 0 Å². The molecule has 1 aromatic carbocycles. The highest BCUT2D eigenvalue weighted by Crippen LogP contribution is 2.21. The van der Waals surface area contributed by atoms with E-state index in [1.165, 1.54) is 0 Å². The van der Waals surface area contributed by atoms with E-state index < -0.39 is 0 Å². The van der Waals surface area contributed by atoms with Crippen molar-refractivity contribution in [2.45, 2.75) is 0 Å². The maximum atomic E-state index is 12.6. The third kappa shape index (κ3) is 4.49. The highest BCUT2D eigenvalue weighted by molar-refractivity contribution is 9.10. The number of nitrogens with zero attached hydrogens (tertiary/aromatic N) is 4. The molecule has 2 heterocycles. The molecule has 1 aromatic heterocycles. The van der Waals surface area contributed by atoms with Crippen molar-refractivity contribution in [1.29, 1.82) is 0 Å². The molecular weight excluding hydrogens is 417 g/mol. The minimum Gasteiger partial charge on any atom is -0.398 e. The first-order valence-corrected chi connectivity index (χ1v) is 7.81. The average molecular weight is 435 g/mol. The predicted molar refractivity (Wildman–Crippen MR) is 103 cm³/mol. The smallest absolute Gasteiger partial charge is 0.256 e. The summed E-state index contributed by atoms with van der Waals surface area (Å²) in [7, 11) is 0. The molecule has 0 aliphatic carbocycles. The number of piperazine rings is 1. The fraction of sp³-hybridized carbons (Fsp3) is 0.267. The number of anilines is 2. The third-order valence-electron chi connectivity index (χ3n) is 3.65. The zero-order valence-electron chi connectivity index (χ0n) is 12.8. The number of aromatic nitrogens is 2. The van der Waals surface area contributed by atoms with Gasteiger partial charge in [-0.05, 0) is 24.3 Å². The van der Waals surface area contributed by atoms with Crippen LogP contribution in [-0.4, -0.2) is 47.0 Å². The molecule has 0 spiro atoms. The highest BCUT2D eigenvalue weighted by atomic mass is 79.9. The molecule has 130 valence electrons. The second kappa shape index (κ2) is 9.05. The van der Waals surface area contributed by atoms with Crippen LogP contribution in [0.15, 0.2) is 41.1 Å². The Morgan fingerprint density at radius 3 is 2.29 bits per heavy atom. The van der Waals surface area contributed by atoms with E-state index in [4.69, 9.17) is 5.73 Å². The molecule has 2 N–H and O–H groups in total. The van der Waals surface area contributed by atoms with Crippen molar-refractivity contribution in [1.82, 2.24) is 14.9 Å². The summed E-state index contributed by atoms with van der Waals surface area (Å²) in [6.07, 6.45) is 3.45. The second-order valence-electron chi connectivity index (χ2n) is 5.06. The van der Waals surface area contributed by atoms with E-state index in [0.717, 1.165) is 4.47 Å². The van der Waals surface area contributed by atoms with E-state index in [1.54, 1.807) is 30.6 Å². The average Bonchev–Trinajstić information content (AvgIpc) is 2.55. The fourth-order valence-electron chi connectivity index (χ4n) is 2.46. The Labute approximate surface area is 161 Å². The molecule has 0 saturated carbocycles. The second-order valence-corrected chi connectivity index (χ2v) is 5.98. The first-order valence-electron chi connectivity index (χ1n) is 7.01. The van der Waals surface area contributed by atoms with Crippen molar-refractivity contribution in [3.63, 3.8) is 0 Å². The van der Waals surface area contributed by atoms with Gasteiger partial charge in [-0.1, -0.05) is 15.9 Å². The fourth-order valence-corrected chi connectivity index (χ4v) is 2.84. The lowest BCUT2D eigenvalue weighted by Gasteiger charge is -2.34. The number of nitrogen functional groups attached to an aromatic ring is 1. The lowest BCUT2D eigenvalue weighted by molar-refractivity contribution is 0.0747. The lowest BCUT2D eigenvalue weighted by Crippen LogP contribution is -2.49. The van der Waals surface area contributed by atoms with Crippen LogP contribution in [0.25, 0.3) is 0 Å². The van der Waals surface area contributed by atoms with Crippen molar-refractivity contribution in [2.24, 2.45) is 0 Å². The largest absolute Gasteiger partial charge is 0.398 e. The molecular formula is C15H18BrCl2N5O. The van der Waals surface area contributed by atoms with Crippen LogP contribution in [-0.2, 0) is 0 Å². The minimum absolute atomic E-state index is 0. The molecule has 1 amide bonds. The Balaban J connectivity index is 0.00000144. The number of hydrogen-bond donors (Lipinski definition) is 1. The van der Waals surface area contributed by atoms with Crippen molar-refractivity contribution in [3.05, 3.63) is 46.7 Å². The number of carbonyl (C=O) groups is 1. The molecule has 1 aliphatic heterocycles. The monoisotopic (exact) mass is 433 g/mol. The Hall–Kier alpha value is -1.57. The van der Waals surface area contributed by atoms with Crippen molar-refractivity contribution in [3.8, 4) is 0 Å². The first-order chi connectivity index (χ1) is 10.6. The molecule has 9 heteroatoms. The van der Waals surface area contributed by atoms with Gasteiger partial charge in [0.25, 0.3) is 5.91 Å². The van der Waals surface area contributed by atoms with Crippen LogP contribution in [0.4, 0.5) is 11.6 Å². The summed E-state index contributed by atoms with van der Waals surface area (Å²) in [6, 6.07) is 7.13. The standard InChI is InChI=1S/C15H16BrN5O.2ClH/c16-11-2-3-12(13(17)10-11)14(22)20-6-8-21(9-7-20)15-18-4-1-5-19-15;;/h1-5,10H,6-9,17H2;2*1H. The number of benzene rings is 1. The van der Waals surface area contributed by atoms with Crippen molar-refractivity contribution < 1.29 is 4.79 Å². The molecule has 0 bridgehead atoms. The Kier molecular flexibility index (Phi) is 7.72. The summed E-state index contributed by atoms with van der Waals surface area (Å²) in [4.78, 5) is 24.9. The van der Waals surface area contributed by atoms with Crippen LogP contribution in [0.1, 0.15) is 10.4 Å². The topological polar surface area (TPSA) is 75.4 Å². The summed E-state index contributed by atoms with van der Waals surface area (Å²) in [5.74, 6) is 0.677. The van der Waals surface area contributed by atoms with Crippen molar-refractivity contribution in [2.75, 3.05) is 36.8 Å². The number of amides is 1. The Morgan fingerprint density at radius 1 is 1.08 bits per heavy atom. The highest BCUT2D eigenvalue weighted by Gasteiger charge is 2.24. The SMILES string of the molecule is Cl.Cl.Nc1cc(Br)ccc1C(=O)N1CCN(c2ncccn2)CC1. The van der Waals surface area contributed by atoms with Gasteiger partial charge in [0.05, 0.1) is 5.56 Å².